The molecule has 128 valence electrons. The smallest absolute Gasteiger partial charge is 0.315 e. The molecule has 1 rings (SSSR count). The van der Waals surface area contributed by atoms with Crippen LogP contribution in [0.15, 0.2) is 24.3 Å². The molecule has 0 saturated carbocycles. The van der Waals surface area contributed by atoms with Gasteiger partial charge in [0, 0.05) is 11.6 Å². The summed E-state index contributed by atoms with van der Waals surface area (Å²) in [4.78, 5) is 23.8. The number of urea groups is 1. The second kappa shape index (κ2) is 9.35. The number of alkyl halides is 1. The van der Waals surface area contributed by atoms with Crippen molar-refractivity contribution >= 4 is 23.5 Å². The van der Waals surface area contributed by atoms with Crippen LogP contribution < -0.4 is 16.0 Å². The Morgan fingerprint density at radius 1 is 1.17 bits per heavy atom. The number of hydrogen-bond donors (Lipinski definition) is 3. The van der Waals surface area contributed by atoms with Crippen molar-refractivity contribution < 1.29 is 14.0 Å². The lowest BCUT2D eigenvalue weighted by molar-refractivity contribution is -0.122. The largest absolute Gasteiger partial charge is 0.352 e. The molecule has 0 aliphatic carbocycles. The fraction of sp³-hybridized carbons (Fsp3) is 0.500. The molecule has 1 aromatic rings. The van der Waals surface area contributed by atoms with Gasteiger partial charge in [-0.3, -0.25) is 4.79 Å². The summed E-state index contributed by atoms with van der Waals surface area (Å²) in [7, 11) is 0. The SMILES string of the molecule is CC(C)[C@H](NC(=O)N[C@H](C)C(=O)NCCF)c1ccccc1Cl. The van der Waals surface area contributed by atoms with Gasteiger partial charge in [-0.15, -0.1) is 0 Å². The highest BCUT2D eigenvalue weighted by molar-refractivity contribution is 6.31. The summed E-state index contributed by atoms with van der Waals surface area (Å²) in [5.41, 5.74) is 0.814. The van der Waals surface area contributed by atoms with E-state index in [0.29, 0.717) is 5.02 Å². The van der Waals surface area contributed by atoms with Crippen molar-refractivity contribution in [3.05, 3.63) is 34.9 Å². The van der Waals surface area contributed by atoms with Crippen molar-refractivity contribution in [1.29, 1.82) is 0 Å². The minimum absolute atomic E-state index is 0.0687. The summed E-state index contributed by atoms with van der Waals surface area (Å²) >= 11 is 6.19. The first-order valence-electron chi connectivity index (χ1n) is 7.52. The lowest BCUT2D eigenvalue weighted by Crippen LogP contribution is -2.49. The molecule has 0 radical (unpaired) electrons. The average Bonchev–Trinajstić information content (AvgIpc) is 2.50. The molecule has 0 bridgehead atoms. The van der Waals surface area contributed by atoms with Crippen LogP contribution in [0.2, 0.25) is 5.02 Å². The standard InChI is InChI=1S/C16H23ClFN3O2/c1-10(2)14(12-6-4-5-7-13(12)17)21-16(23)20-11(3)15(22)19-9-8-18/h4-7,10-11,14H,8-9H2,1-3H3,(H,19,22)(H2,20,21,23)/t11-,14+/m1/s1. The van der Waals surface area contributed by atoms with Crippen molar-refractivity contribution in [2.45, 2.75) is 32.9 Å². The topological polar surface area (TPSA) is 70.2 Å². The van der Waals surface area contributed by atoms with E-state index >= 15 is 0 Å². The summed E-state index contributed by atoms with van der Waals surface area (Å²) in [5, 5.41) is 8.31. The van der Waals surface area contributed by atoms with Gasteiger partial charge < -0.3 is 16.0 Å². The Morgan fingerprint density at radius 3 is 2.39 bits per heavy atom. The number of halogens is 2. The normalized spacial score (nSPS) is 13.3. The minimum Gasteiger partial charge on any atom is -0.352 e. The van der Waals surface area contributed by atoms with Gasteiger partial charge in [0.2, 0.25) is 5.91 Å². The quantitative estimate of drug-likeness (QED) is 0.712. The molecule has 0 saturated heterocycles. The highest BCUT2D eigenvalue weighted by Gasteiger charge is 2.22. The van der Waals surface area contributed by atoms with E-state index in [9.17, 15) is 14.0 Å². The van der Waals surface area contributed by atoms with Crippen molar-refractivity contribution in [2.24, 2.45) is 5.92 Å². The first-order valence-corrected chi connectivity index (χ1v) is 7.89. The lowest BCUT2D eigenvalue weighted by Gasteiger charge is -2.25. The molecule has 7 heteroatoms. The molecule has 0 aliphatic heterocycles. The van der Waals surface area contributed by atoms with Crippen LogP contribution in [-0.4, -0.2) is 31.2 Å². The zero-order valence-corrected chi connectivity index (χ0v) is 14.3. The van der Waals surface area contributed by atoms with E-state index < -0.39 is 24.7 Å². The van der Waals surface area contributed by atoms with E-state index in [4.69, 9.17) is 11.6 Å². The van der Waals surface area contributed by atoms with Crippen LogP contribution in [0.3, 0.4) is 0 Å². The first kappa shape index (κ1) is 19.2. The molecule has 0 spiro atoms. The highest BCUT2D eigenvalue weighted by atomic mass is 35.5. The first-order chi connectivity index (χ1) is 10.9. The molecule has 0 aliphatic rings. The predicted octanol–water partition coefficient (Wildman–Crippen LogP) is 2.81. The minimum atomic E-state index is -0.763. The van der Waals surface area contributed by atoms with E-state index in [1.165, 1.54) is 6.92 Å². The third kappa shape index (κ3) is 6.06. The van der Waals surface area contributed by atoms with E-state index in [1.54, 1.807) is 6.07 Å². The summed E-state index contributed by atoms with van der Waals surface area (Å²) in [6, 6.07) is 5.75. The van der Waals surface area contributed by atoms with Gasteiger partial charge >= 0.3 is 6.03 Å². The number of carbonyl (C=O) groups is 2. The van der Waals surface area contributed by atoms with Crippen LogP contribution in [-0.2, 0) is 4.79 Å². The third-order valence-electron chi connectivity index (χ3n) is 3.33. The van der Waals surface area contributed by atoms with E-state index in [0.717, 1.165) is 5.56 Å². The number of nitrogens with one attached hydrogen (secondary N) is 3. The van der Waals surface area contributed by atoms with Crippen LogP contribution in [0.25, 0.3) is 0 Å². The monoisotopic (exact) mass is 343 g/mol. The molecule has 5 nitrogen and oxygen atoms in total. The van der Waals surface area contributed by atoms with E-state index in [1.807, 2.05) is 32.0 Å². The molecule has 0 heterocycles. The number of amides is 3. The average molecular weight is 344 g/mol. The Bertz CT molecular complexity index is 540. The maximum Gasteiger partial charge on any atom is 0.315 e. The maximum atomic E-state index is 12.1. The maximum absolute atomic E-state index is 12.1. The Balaban J connectivity index is 2.69. The van der Waals surface area contributed by atoms with Gasteiger partial charge in [-0.2, -0.15) is 0 Å². The van der Waals surface area contributed by atoms with Gasteiger partial charge in [0.1, 0.15) is 12.7 Å². The second-order valence-corrected chi connectivity index (χ2v) is 5.97. The van der Waals surface area contributed by atoms with Crippen LogP contribution >= 0.6 is 11.6 Å². The van der Waals surface area contributed by atoms with Gasteiger partial charge in [-0.05, 0) is 24.5 Å². The molecule has 3 N–H and O–H groups in total. The van der Waals surface area contributed by atoms with Gasteiger partial charge in [-0.1, -0.05) is 43.6 Å². The molecule has 0 unspecified atom stereocenters. The molecule has 2 atom stereocenters. The number of benzene rings is 1. The fourth-order valence-electron chi connectivity index (χ4n) is 2.10. The predicted molar refractivity (Wildman–Crippen MR) is 89.1 cm³/mol. The van der Waals surface area contributed by atoms with Gasteiger partial charge in [0.05, 0.1) is 6.04 Å². The van der Waals surface area contributed by atoms with Crippen LogP contribution in [0.1, 0.15) is 32.4 Å². The Kier molecular flexibility index (Phi) is 7.81. The van der Waals surface area contributed by atoms with Crippen molar-refractivity contribution in [2.75, 3.05) is 13.2 Å². The summed E-state index contributed by atoms with van der Waals surface area (Å²) in [6.07, 6.45) is 0. The Labute approximate surface area is 141 Å². The zero-order chi connectivity index (χ0) is 17.4. The molecule has 0 aromatic heterocycles. The van der Waals surface area contributed by atoms with Gasteiger partial charge in [0.25, 0.3) is 0 Å². The molecule has 0 fully saturated rings. The van der Waals surface area contributed by atoms with Crippen LogP contribution in [0, 0.1) is 5.92 Å². The third-order valence-corrected chi connectivity index (χ3v) is 3.67. The molecule has 23 heavy (non-hydrogen) atoms. The van der Waals surface area contributed by atoms with Crippen LogP contribution in [0.4, 0.5) is 9.18 Å². The summed E-state index contributed by atoms with van der Waals surface area (Å²) < 4.78 is 12.0. The van der Waals surface area contributed by atoms with Gasteiger partial charge in [0.15, 0.2) is 0 Å². The van der Waals surface area contributed by atoms with Crippen LogP contribution in [0.5, 0.6) is 0 Å². The number of rotatable bonds is 7. The fourth-order valence-corrected chi connectivity index (χ4v) is 2.35. The van der Waals surface area contributed by atoms with Crippen molar-refractivity contribution in [3.8, 4) is 0 Å². The zero-order valence-electron chi connectivity index (χ0n) is 13.5. The molecular formula is C16H23ClFN3O2. The van der Waals surface area contributed by atoms with Crippen molar-refractivity contribution in [1.82, 2.24) is 16.0 Å². The van der Waals surface area contributed by atoms with E-state index in [2.05, 4.69) is 16.0 Å². The molecule has 3 amide bonds. The Hall–Kier alpha value is -1.82. The second-order valence-electron chi connectivity index (χ2n) is 5.56. The summed E-state index contributed by atoms with van der Waals surface area (Å²) in [5.74, 6) is -0.326. The highest BCUT2D eigenvalue weighted by Crippen LogP contribution is 2.27. The molecule has 1 aromatic carbocycles. The molecular weight excluding hydrogens is 321 g/mol. The van der Waals surface area contributed by atoms with Crippen molar-refractivity contribution in [3.63, 3.8) is 0 Å². The van der Waals surface area contributed by atoms with E-state index in [-0.39, 0.29) is 18.5 Å². The summed E-state index contributed by atoms with van der Waals surface area (Å²) in [6.45, 7) is 4.75. The lowest BCUT2D eigenvalue weighted by atomic mass is 9.96. The van der Waals surface area contributed by atoms with Gasteiger partial charge in [-0.25, -0.2) is 9.18 Å². The number of carbonyl (C=O) groups excluding carboxylic acids is 2. The Morgan fingerprint density at radius 2 is 1.83 bits per heavy atom. The number of hydrogen-bond acceptors (Lipinski definition) is 2.